The molecule has 0 spiro atoms. The molecule has 0 aromatic carbocycles. The Bertz CT molecular complexity index is 733. The number of hydrogen-bond donors (Lipinski definition) is 0. The first-order chi connectivity index (χ1) is 12.0. The molecule has 2 aromatic heterocycles. The average molecular weight is 377 g/mol. The van der Waals surface area contributed by atoms with Crippen LogP contribution in [0.3, 0.4) is 0 Å². The Kier molecular flexibility index (Phi) is 7.41. The molecule has 2 rings (SSSR count). The molecule has 0 saturated heterocycles. The van der Waals surface area contributed by atoms with Gasteiger partial charge in [0.1, 0.15) is 11.6 Å². The Labute approximate surface area is 148 Å². The van der Waals surface area contributed by atoms with Gasteiger partial charge in [0.15, 0.2) is 0 Å². The van der Waals surface area contributed by atoms with E-state index < -0.39 is 23.6 Å². The summed E-state index contributed by atoms with van der Waals surface area (Å²) in [5, 5.41) is 0. The smallest absolute Gasteiger partial charge is 0.451 e. The highest BCUT2D eigenvalue weighted by atomic mass is 19.4. The number of alkyl halides is 3. The first kappa shape index (κ1) is 21.7. The minimum Gasteiger partial charge on any atom is -0.481 e. The molecule has 0 amide bonds. The van der Waals surface area contributed by atoms with Crippen LogP contribution in [0.5, 0.6) is 5.88 Å². The zero-order valence-corrected chi connectivity index (χ0v) is 15.0. The van der Waals surface area contributed by atoms with Crippen LogP contribution in [0.15, 0.2) is 18.3 Å². The van der Waals surface area contributed by atoms with Crippen LogP contribution in [0.1, 0.15) is 56.7 Å². The largest absolute Gasteiger partial charge is 0.481 e. The summed E-state index contributed by atoms with van der Waals surface area (Å²) in [4.78, 5) is 10.3. The van der Waals surface area contributed by atoms with Gasteiger partial charge in [-0.15, -0.1) is 0 Å². The van der Waals surface area contributed by atoms with E-state index in [0.29, 0.717) is 11.4 Å². The summed E-state index contributed by atoms with van der Waals surface area (Å²) in [6.45, 7) is 7.12. The van der Waals surface area contributed by atoms with Gasteiger partial charge in [-0.05, 0) is 11.8 Å². The summed E-state index contributed by atoms with van der Waals surface area (Å²) < 4.78 is 66.9. The van der Waals surface area contributed by atoms with Crippen molar-refractivity contribution < 1.29 is 26.7 Å². The third-order valence-electron chi connectivity index (χ3n) is 3.16. The van der Waals surface area contributed by atoms with E-state index >= 15 is 0 Å². The molecule has 144 valence electrons. The number of rotatable bonds is 3. The van der Waals surface area contributed by atoms with Gasteiger partial charge < -0.3 is 4.74 Å². The molecule has 0 aliphatic rings. The van der Waals surface area contributed by atoms with Crippen molar-refractivity contribution in [2.75, 3.05) is 7.11 Å². The summed E-state index contributed by atoms with van der Waals surface area (Å²) in [5.41, 5.74) is 0.626. The molecule has 9 heteroatoms. The topological polar surface area (TPSA) is 47.9 Å². The predicted octanol–water partition coefficient (Wildman–Crippen LogP) is 5.11. The van der Waals surface area contributed by atoms with E-state index in [1.807, 2.05) is 13.8 Å². The second-order valence-corrected chi connectivity index (χ2v) is 5.99. The number of hydrogen-bond acceptors (Lipinski definition) is 4. The van der Waals surface area contributed by atoms with Gasteiger partial charge in [-0.25, -0.2) is 13.8 Å². The molecule has 0 fully saturated rings. The van der Waals surface area contributed by atoms with Crippen LogP contribution in [-0.2, 0) is 6.18 Å². The van der Waals surface area contributed by atoms with Gasteiger partial charge in [0.05, 0.1) is 24.7 Å². The number of ether oxygens (including phenoxy) is 1. The standard InChI is InChI=1S/C9H11F3N2O.C8H9F2N/c1-5(2)6-4-7(15-3)14-8(13-6)9(10,11)12;1-5(2)8-7(10)3-6(9)4-11-8/h4-5H,1-3H3;3-5H,1-2H3. The summed E-state index contributed by atoms with van der Waals surface area (Å²) in [6, 6.07) is 2.25. The SMILES string of the molecule is CC(C)c1ncc(F)cc1F.COc1cc(C(C)C)nc(C(F)(F)F)n1. The van der Waals surface area contributed by atoms with Crippen LogP contribution in [0.4, 0.5) is 22.0 Å². The maximum Gasteiger partial charge on any atom is 0.451 e. The molecule has 0 bridgehead atoms. The lowest BCUT2D eigenvalue weighted by Crippen LogP contribution is -2.13. The first-order valence-electron chi connectivity index (χ1n) is 7.76. The molecular formula is C17H20F5N3O. The Balaban J connectivity index is 0.000000273. The van der Waals surface area contributed by atoms with Crippen molar-refractivity contribution in [2.24, 2.45) is 0 Å². The summed E-state index contributed by atoms with van der Waals surface area (Å²) in [6.07, 6.45) is -3.52. The highest BCUT2D eigenvalue weighted by Crippen LogP contribution is 2.29. The fraction of sp³-hybridized carbons (Fsp3) is 0.471. The van der Waals surface area contributed by atoms with Gasteiger partial charge in [-0.3, -0.25) is 4.98 Å². The molecular weight excluding hydrogens is 357 g/mol. The van der Waals surface area contributed by atoms with E-state index in [-0.39, 0.29) is 17.7 Å². The molecule has 0 N–H and O–H groups in total. The lowest BCUT2D eigenvalue weighted by Gasteiger charge is -2.10. The van der Waals surface area contributed by atoms with E-state index in [9.17, 15) is 22.0 Å². The number of nitrogens with zero attached hydrogens (tertiary/aromatic N) is 3. The lowest BCUT2D eigenvalue weighted by atomic mass is 10.1. The number of pyridine rings is 1. The summed E-state index contributed by atoms with van der Waals surface area (Å²) in [7, 11) is 1.27. The molecule has 0 atom stereocenters. The van der Waals surface area contributed by atoms with Crippen molar-refractivity contribution in [2.45, 2.75) is 45.7 Å². The minimum absolute atomic E-state index is 0.00407. The van der Waals surface area contributed by atoms with Gasteiger partial charge in [-0.2, -0.15) is 18.2 Å². The monoisotopic (exact) mass is 377 g/mol. The number of halogens is 5. The third kappa shape index (κ3) is 6.20. The van der Waals surface area contributed by atoms with Crippen LogP contribution in [-0.4, -0.2) is 22.1 Å². The van der Waals surface area contributed by atoms with Crippen molar-refractivity contribution in [1.29, 1.82) is 0 Å². The fourth-order valence-corrected chi connectivity index (χ4v) is 1.82. The van der Waals surface area contributed by atoms with Crippen LogP contribution >= 0.6 is 0 Å². The first-order valence-corrected chi connectivity index (χ1v) is 7.76. The lowest BCUT2D eigenvalue weighted by molar-refractivity contribution is -0.145. The molecule has 0 aliphatic heterocycles. The van der Waals surface area contributed by atoms with Gasteiger partial charge in [0, 0.05) is 12.1 Å². The quantitative estimate of drug-likeness (QED) is 0.698. The average Bonchev–Trinajstić information content (AvgIpc) is 2.53. The molecule has 0 unspecified atom stereocenters. The van der Waals surface area contributed by atoms with Crippen molar-refractivity contribution in [3.05, 3.63) is 47.2 Å². The second-order valence-electron chi connectivity index (χ2n) is 5.99. The van der Waals surface area contributed by atoms with E-state index in [1.165, 1.54) is 13.2 Å². The van der Waals surface area contributed by atoms with Gasteiger partial charge >= 0.3 is 6.18 Å². The Morgan fingerprint density at radius 3 is 2.00 bits per heavy atom. The van der Waals surface area contributed by atoms with Crippen molar-refractivity contribution in [3.63, 3.8) is 0 Å². The zero-order chi connectivity index (χ0) is 20.1. The number of aromatic nitrogens is 3. The Hall–Kier alpha value is -2.32. The van der Waals surface area contributed by atoms with Gasteiger partial charge in [0.25, 0.3) is 0 Å². The van der Waals surface area contributed by atoms with E-state index in [0.717, 1.165) is 12.3 Å². The zero-order valence-electron chi connectivity index (χ0n) is 15.0. The second kappa shape index (κ2) is 8.86. The summed E-state index contributed by atoms with van der Waals surface area (Å²) >= 11 is 0. The molecule has 2 aromatic rings. The van der Waals surface area contributed by atoms with Gasteiger partial charge in [-0.1, -0.05) is 27.7 Å². The maximum absolute atomic E-state index is 12.8. The van der Waals surface area contributed by atoms with Crippen molar-refractivity contribution in [3.8, 4) is 5.88 Å². The highest BCUT2D eigenvalue weighted by Gasteiger charge is 2.35. The van der Waals surface area contributed by atoms with E-state index in [2.05, 4.69) is 19.7 Å². The predicted molar refractivity (Wildman–Crippen MR) is 85.9 cm³/mol. The third-order valence-corrected chi connectivity index (χ3v) is 3.16. The normalized spacial score (nSPS) is 11.4. The highest BCUT2D eigenvalue weighted by molar-refractivity contribution is 5.19. The van der Waals surface area contributed by atoms with Gasteiger partial charge in [0.2, 0.25) is 11.7 Å². The minimum atomic E-state index is -4.54. The Morgan fingerprint density at radius 2 is 1.58 bits per heavy atom. The molecule has 2 heterocycles. The maximum atomic E-state index is 12.8. The van der Waals surface area contributed by atoms with E-state index in [4.69, 9.17) is 0 Å². The molecule has 0 radical (unpaired) electrons. The van der Waals surface area contributed by atoms with Crippen LogP contribution < -0.4 is 4.74 Å². The van der Waals surface area contributed by atoms with E-state index in [1.54, 1.807) is 13.8 Å². The fourth-order valence-electron chi connectivity index (χ4n) is 1.82. The molecule has 4 nitrogen and oxygen atoms in total. The molecule has 0 aliphatic carbocycles. The van der Waals surface area contributed by atoms with Crippen molar-refractivity contribution >= 4 is 0 Å². The number of methoxy groups -OCH3 is 1. The van der Waals surface area contributed by atoms with Crippen LogP contribution in [0.2, 0.25) is 0 Å². The molecule has 26 heavy (non-hydrogen) atoms. The summed E-state index contributed by atoms with van der Waals surface area (Å²) in [5.74, 6) is -2.54. The van der Waals surface area contributed by atoms with Crippen LogP contribution in [0, 0.1) is 11.6 Å². The molecule has 0 saturated carbocycles. The van der Waals surface area contributed by atoms with Crippen LogP contribution in [0.25, 0.3) is 0 Å². The Morgan fingerprint density at radius 1 is 0.962 bits per heavy atom. The van der Waals surface area contributed by atoms with Crippen molar-refractivity contribution in [1.82, 2.24) is 15.0 Å².